The van der Waals surface area contributed by atoms with E-state index in [9.17, 15) is 14.9 Å². The topological polar surface area (TPSA) is 94.4 Å². The Kier molecular flexibility index (Phi) is 4.94. The number of ether oxygens (including phenoxy) is 1. The summed E-state index contributed by atoms with van der Waals surface area (Å²) in [5, 5.41) is 15.7. The molecule has 1 heterocycles. The summed E-state index contributed by atoms with van der Waals surface area (Å²) >= 11 is 1.29. The molecule has 0 fully saturated rings. The number of carbonyl (C=O) groups excluding carboxylic acids is 1. The first-order valence-electron chi connectivity index (χ1n) is 7.64. The summed E-state index contributed by atoms with van der Waals surface area (Å²) in [4.78, 5) is 26.9. The maximum Gasteiger partial charge on any atom is 0.269 e. The van der Waals surface area contributed by atoms with Crippen molar-refractivity contribution >= 4 is 28.1 Å². The molecule has 0 aliphatic carbocycles. The van der Waals surface area contributed by atoms with Gasteiger partial charge in [0.15, 0.2) is 5.13 Å². The summed E-state index contributed by atoms with van der Waals surface area (Å²) in [6.07, 6.45) is 0. The van der Waals surface area contributed by atoms with Gasteiger partial charge in [-0.25, -0.2) is 4.98 Å². The number of rotatable bonds is 5. The van der Waals surface area contributed by atoms with E-state index in [0.717, 1.165) is 11.1 Å². The van der Waals surface area contributed by atoms with Gasteiger partial charge in [-0.05, 0) is 31.2 Å². The first-order chi connectivity index (χ1) is 12.5. The van der Waals surface area contributed by atoms with Gasteiger partial charge in [0.05, 0.1) is 17.7 Å². The number of methoxy groups -OCH3 is 1. The normalized spacial score (nSPS) is 10.4. The predicted octanol–water partition coefficient (Wildman–Crippen LogP) is 4.29. The lowest BCUT2D eigenvalue weighted by atomic mass is 10.1. The number of aryl methyl sites for hydroxylation is 1. The SMILES string of the molecule is COc1ccc(C)cc1-c1csc(NC(=O)c2ccc([N+](=O)[O-])cc2)n1. The summed E-state index contributed by atoms with van der Waals surface area (Å²) < 4.78 is 5.37. The van der Waals surface area contributed by atoms with Crippen molar-refractivity contribution in [1.29, 1.82) is 0 Å². The Balaban J connectivity index is 1.79. The summed E-state index contributed by atoms with van der Waals surface area (Å²) in [7, 11) is 1.60. The molecular weight excluding hydrogens is 354 g/mol. The van der Waals surface area contributed by atoms with Crippen molar-refractivity contribution in [3.8, 4) is 17.0 Å². The number of benzene rings is 2. The van der Waals surface area contributed by atoms with Gasteiger partial charge in [-0.2, -0.15) is 0 Å². The fourth-order valence-corrected chi connectivity index (χ4v) is 3.09. The Bertz CT molecular complexity index is 967. The first kappa shape index (κ1) is 17.6. The molecule has 8 heteroatoms. The van der Waals surface area contributed by atoms with Crippen LogP contribution in [0.3, 0.4) is 0 Å². The second-order valence-corrected chi connectivity index (χ2v) is 6.36. The van der Waals surface area contributed by atoms with Crippen molar-refractivity contribution in [2.75, 3.05) is 12.4 Å². The molecule has 0 atom stereocenters. The van der Waals surface area contributed by atoms with Gasteiger partial charge >= 0.3 is 0 Å². The van der Waals surface area contributed by atoms with Crippen LogP contribution in [0.15, 0.2) is 47.8 Å². The average Bonchev–Trinajstić information content (AvgIpc) is 3.10. The van der Waals surface area contributed by atoms with Crippen LogP contribution < -0.4 is 10.1 Å². The molecule has 0 saturated carbocycles. The molecule has 0 spiro atoms. The van der Waals surface area contributed by atoms with Crippen molar-refractivity contribution in [1.82, 2.24) is 4.98 Å². The molecule has 3 aromatic rings. The number of nitro benzene ring substituents is 1. The van der Waals surface area contributed by atoms with Crippen molar-refractivity contribution in [3.05, 3.63) is 69.1 Å². The summed E-state index contributed by atoms with van der Waals surface area (Å²) in [5.74, 6) is 0.325. The van der Waals surface area contributed by atoms with Gasteiger partial charge in [0.1, 0.15) is 5.75 Å². The maximum absolute atomic E-state index is 12.3. The zero-order valence-electron chi connectivity index (χ0n) is 14.1. The van der Waals surface area contributed by atoms with Gasteiger partial charge < -0.3 is 4.74 Å². The molecule has 0 bridgehead atoms. The molecule has 0 aliphatic rings. The van der Waals surface area contributed by atoms with Crippen molar-refractivity contribution in [2.24, 2.45) is 0 Å². The van der Waals surface area contributed by atoms with Crippen LogP contribution in [0.4, 0.5) is 10.8 Å². The van der Waals surface area contributed by atoms with E-state index in [1.807, 2.05) is 30.5 Å². The Morgan fingerprint density at radius 2 is 1.96 bits per heavy atom. The number of thiazole rings is 1. The molecule has 0 aliphatic heterocycles. The van der Waals surface area contributed by atoms with Crippen LogP contribution in [-0.2, 0) is 0 Å². The molecule has 0 unspecified atom stereocenters. The van der Waals surface area contributed by atoms with E-state index in [1.165, 1.54) is 35.6 Å². The van der Waals surface area contributed by atoms with E-state index in [2.05, 4.69) is 10.3 Å². The Labute approximate surface area is 153 Å². The van der Waals surface area contributed by atoms with E-state index < -0.39 is 4.92 Å². The fourth-order valence-electron chi connectivity index (χ4n) is 2.38. The molecule has 3 rings (SSSR count). The molecule has 26 heavy (non-hydrogen) atoms. The van der Waals surface area contributed by atoms with Gasteiger partial charge in [0.2, 0.25) is 0 Å². The third-order valence-corrected chi connectivity index (χ3v) is 4.45. The van der Waals surface area contributed by atoms with Crippen LogP contribution in [0.2, 0.25) is 0 Å². The van der Waals surface area contributed by atoms with Crippen LogP contribution in [-0.4, -0.2) is 22.9 Å². The van der Waals surface area contributed by atoms with Crippen LogP contribution in [0.25, 0.3) is 11.3 Å². The number of amides is 1. The first-order valence-corrected chi connectivity index (χ1v) is 8.52. The van der Waals surface area contributed by atoms with Crippen LogP contribution >= 0.6 is 11.3 Å². The molecule has 2 aromatic carbocycles. The van der Waals surface area contributed by atoms with E-state index in [0.29, 0.717) is 22.1 Å². The highest BCUT2D eigenvalue weighted by atomic mass is 32.1. The minimum atomic E-state index is -0.510. The van der Waals surface area contributed by atoms with Gasteiger partial charge in [0, 0.05) is 28.6 Å². The zero-order chi connectivity index (χ0) is 18.7. The maximum atomic E-state index is 12.3. The highest BCUT2D eigenvalue weighted by Gasteiger charge is 2.14. The number of nitrogens with one attached hydrogen (secondary N) is 1. The van der Waals surface area contributed by atoms with E-state index in [1.54, 1.807) is 7.11 Å². The van der Waals surface area contributed by atoms with Gasteiger partial charge in [0.25, 0.3) is 11.6 Å². The number of carbonyl (C=O) groups is 1. The van der Waals surface area contributed by atoms with E-state index >= 15 is 0 Å². The van der Waals surface area contributed by atoms with Gasteiger partial charge in [-0.1, -0.05) is 11.6 Å². The lowest BCUT2D eigenvalue weighted by Crippen LogP contribution is -2.11. The Morgan fingerprint density at radius 3 is 2.62 bits per heavy atom. The zero-order valence-corrected chi connectivity index (χ0v) is 14.9. The molecule has 132 valence electrons. The molecule has 0 saturated heterocycles. The standard InChI is InChI=1S/C18H15N3O4S/c1-11-3-8-16(25-2)14(9-11)15-10-26-18(19-15)20-17(22)12-4-6-13(7-5-12)21(23)24/h3-10H,1-2H3,(H,19,20,22). The molecule has 0 radical (unpaired) electrons. The van der Waals surface area contributed by atoms with Gasteiger partial charge in [-0.15, -0.1) is 11.3 Å². The van der Waals surface area contributed by atoms with Crippen LogP contribution in [0.5, 0.6) is 5.75 Å². The highest BCUT2D eigenvalue weighted by molar-refractivity contribution is 7.14. The third-order valence-electron chi connectivity index (χ3n) is 3.70. The second-order valence-electron chi connectivity index (χ2n) is 5.50. The monoisotopic (exact) mass is 369 g/mol. The van der Waals surface area contributed by atoms with Crippen LogP contribution in [0, 0.1) is 17.0 Å². The van der Waals surface area contributed by atoms with Crippen molar-refractivity contribution < 1.29 is 14.5 Å². The summed E-state index contributed by atoms with van der Waals surface area (Å²) in [5.41, 5.74) is 2.88. The Morgan fingerprint density at radius 1 is 1.23 bits per heavy atom. The van der Waals surface area contributed by atoms with E-state index in [-0.39, 0.29) is 11.6 Å². The molecule has 1 amide bonds. The minimum Gasteiger partial charge on any atom is -0.496 e. The number of hydrogen-bond acceptors (Lipinski definition) is 6. The van der Waals surface area contributed by atoms with Crippen LogP contribution in [0.1, 0.15) is 15.9 Å². The highest BCUT2D eigenvalue weighted by Crippen LogP contribution is 2.33. The quantitative estimate of drug-likeness (QED) is 0.535. The third kappa shape index (κ3) is 3.70. The van der Waals surface area contributed by atoms with E-state index in [4.69, 9.17) is 4.74 Å². The number of hydrogen-bond donors (Lipinski definition) is 1. The summed E-state index contributed by atoms with van der Waals surface area (Å²) in [6.45, 7) is 1.98. The predicted molar refractivity (Wildman–Crippen MR) is 99.9 cm³/mol. The largest absolute Gasteiger partial charge is 0.496 e. The number of aromatic nitrogens is 1. The lowest BCUT2D eigenvalue weighted by molar-refractivity contribution is -0.384. The second kappa shape index (κ2) is 7.32. The van der Waals surface area contributed by atoms with Crippen molar-refractivity contribution in [2.45, 2.75) is 6.92 Å². The number of anilines is 1. The summed E-state index contributed by atoms with van der Waals surface area (Å²) in [6, 6.07) is 11.2. The van der Waals surface area contributed by atoms with Gasteiger partial charge in [-0.3, -0.25) is 20.2 Å². The number of nitro groups is 1. The number of non-ortho nitro benzene ring substituents is 1. The Hall–Kier alpha value is -3.26. The smallest absolute Gasteiger partial charge is 0.269 e. The molecule has 1 aromatic heterocycles. The molecule has 1 N–H and O–H groups in total. The lowest BCUT2D eigenvalue weighted by Gasteiger charge is -2.07. The average molecular weight is 369 g/mol. The fraction of sp³-hybridized carbons (Fsp3) is 0.111. The molecule has 7 nitrogen and oxygen atoms in total. The van der Waals surface area contributed by atoms with Crippen molar-refractivity contribution in [3.63, 3.8) is 0 Å². The molecular formula is C18H15N3O4S. The minimum absolute atomic E-state index is 0.0652. The number of nitrogens with zero attached hydrogens (tertiary/aromatic N) is 2.